The molecule has 0 spiro atoms. The molecule has 26 heavy (non-hydrogen) atoms. The van der Waals surface area contributed by atoms with Crippen molar-refractivity contribution in [3.8, 4) is 0 Å². The van der Waals surface area contributed by atoms with E-state index in [-0.39, 0.29) is 17.6 Å². The maximum Gasteiger partial charge on any atom is 0.356 e. The molecule has 0 bridgehead atoms. The average Bonchev–Trinajstić information content (AvgIpc) is 3.28. The van der Waals surface area contributed by atoms with E-state index in [4.69, 9.17) is 5.11 Å². The number of fused-ring (bicyclic) bond motifs is 1. The Morgan fingerprint density at radius 2 is 2.00 bits per heavy atom. The first kappa shape index (κ1) is 16.8. The number of carboxylic acid groups (broad SMARTS) is 1. The van der Waals surface area contributed by atoms with Gasteiger partial charge in [0, 0.05) is 30.4 Å². The van der Waals surface area contributed by atoms with E-state index in [2.05, 4.69) is 10.1 Å². The number of amides is 1. The second-order valence-electron chi connectivity index (χ2n) is 6.55. The number of aryl methyl sites for hydroxylation is 2. The highest BCUT2D eigenvalue weighted by Gasteiger charge is 2.28. The summed E-state index contributed by atoms with van der Waals surface area (Å²) < 4.78 is 3.59. The first-order valence-electron chi connectivity index (χ1n) is 8.47. The van der Waals surface area contributed by atoms with E-state index in [1.54, 1.807) is 22.2 Å². The largest absolute Gasteiger partial charge is 0.476 e. The van der Waals surface area contributed by atoms with Gasteiger partial charge in [-0.2, -0.15) is 5.10 Å². The van der Waals surface area contributed by atoms with Gasteiger partial charge in [0.25, 0.3) is 5.91 Å². The van der Waals surface area contributed by atoms with Gasteiger partial charge in [-0.05, 0) is 32.8 Å². The molecular weight excluding hydrogens is 354 g/mol. The topological polar surface area (TPSA) is 92.7 Å². The van der Waals surface area contributed by atoms with Gasteiger partial charge in [0.2, 0.25) is 0 Å². The van der Waals surface area contributed by atoms with E-state index in [0.717, 1.165) is 28.4 Å². The van der Waals surface area contributed by atoms with Crippen molar-refractivity contribution in [3.05, 3.63) is 40.4 Å². The zero-order valence-electron chi connectivity index (χ0n) is 14.5. The molecule has 8 nitrogen and oxygen atoms in total. The average molecular weight is 373 g/mol. The van der Waals surface area contributed by atoms with Gasteiger partial charge in [-0.15, -0.1) is 11.3 Å². The molecule has 1 saturated heterocycles. The van der Waals surface area contributed by atoms with Crippen molar-refractivity contribution in [3.63, 3.8) is 0 Å². The van der Waals surface area contributed by atoms with Crippen LogP contribution in [0.2, 0.25) is 0 Å². The maximum absolute atomic E-state index is 13.0. The lowest BCUT2D eigenvalue weighted by Gasteiger charge is -2.32. The normalized spacial score (nSPS) is 15.7. The summed E-state index contributed by atoms with van der Waals surface area (Å²) in [6.45, 7) is 5.10. The van der Waals surface area contributed by atoms with Crippen LogP contribution in [0.5, 0.6) is 0 Å². The molecule has 0 radical (unpaired) electrons. The van der Waals surface area contributed by atoms with E-state index >= 15 is 0 Å². The highest BCUT2D eigenvalue weighted by Crippen LogP contribution is 2.26. The van der Waals surface area contributed by atoms with Crippen molar-refractivity contribution in [1.29, 1.82) is 0 Å². The van der Waals surface area contributed by atoms with Gasteiger partial charge in [0.15, 0.2) is 10.7 Å². The quantitative estimate of drug-likeness (QED) is 0.761. The lowest BCUT2D eigenvalue weighted by molar-refractivity contribution is 0.0681. The third-order valence-electron chi connectivity index (χ3n) is 4.77. The zero-order valence-corrected chi connectivity index (χ0v) is 15.4. The molecule has 0 saturated carbocycles. The number of hydrogen-bond donors (Lipinski definition) is 1. The molecule has 4 rings (SSSR count). The van der Waals surface area contributed by atoms with Gasteiger partial charge < -0.3 is 10.0 Å². The lowest BCUT2D eigenvalue weighted by atomic mass is 10.0. The van der Waals surface area contributed by atoms with Gasteiger partial charge in [-0.3, -0.25) is 13.9 Å². The molecule has 1 fully saturated rings. The molecule has 0 unspecified atom stereocenters. The summed E-state index contributed by atoms with van der Waals surface area (Å²) in [6, 6.07) is 1.62. The second kappa shape index (κ2) is 6.24. The summed E-state index contributed by atoms with van der Waals surface area (Å²) in [5.41, 5.74) is 1.44. The van der Waals surface area contributed by atoms with Gasteiger partial charge >= 0.3 is 5.97 Å². The maximum atomic E-state index is 13.0. The van der Waals surface area contributed by atoms with Gasteiger partial charge in [-0.25, -0.2) is 9.78 Å². The van der Waals surface area contributed by atoms with Crippen molar-refractivity contribution in [2.75, 3.05) is 13.1 Å². The molecule has 0 aliphatic carbocycles. The molecule has 9 heteroatoms. The molecule has 1 N–H and O–H groups in total. The fourth-order valence-electron chi connectivity index (χ4n) is 3.46. The van der Waals surface area contributed by atoms with Crippen LogP contribution in [0.25, 0.3) is 4.96 Å². The number of piperidine rings is 1. The number of imidazole rings is 1. The fraction of sp³-hybridized carbons (Fsp3) is 0.412. The number of carbonyl (C=O) groups excluding carboxylic acids is 1. The van der Waals surface area contributed by atoms with Gasteiger partial charge in [0.05, 0.1) is 11.7 Å². The Kier molecular flexibility index (Phi) is 4.03. The summed E-state index contributed by atoms with van der Waals surface area (Å²) in [4.78, 5) is 32.3. The Bertz CT molecular complexity index is 994. The van der Waals surface area contributed by atoms with Crippen LogP contribution >= 0.6 is 11.3 Å². The molecule has 3 aromatic rings. The first-order valence-corrected chi connectivity index (χ1v) is 9.28. The minimum absolute atomic E-state index is 0.00191. The predicted molar refractivity (Wildman–Crippen MR) is 95.9 cm³/mol. The van der Waals surface area contributed by atoms with Crippen LogP contribution < -0.4 is 0 Å². The molecule has 1 aliphatic rings. The summed E-state index contributed by atoms with van der Waals surface area (Å²) >= 11 is 1.58. The number of aromatic carboxylic acids is 1. The summed E-state index contributed by atoms with van der Waals surface area (Å²) in [6.07, 6.45) is 5.15. The minimum Gasteiger partial charge on any atom is -0.476 e. The molecular formula is C17H19N5O3S. The number of carboxylic acids is 1. The third-order valence-corrected chi connectivity index (χ3v) is 5.67. The summed E-state index contributed by atoms with van der Waals surface area (Å²) in [5, 5.41) is 13.1. The SMILES string of the molecule is Cc1cn2c(C(=O)N3CCC(n4ccc(C(=O)O)n4)CC3)c(C)nc2s1. The molecule has 136 valence electrons. The number of hydrogen-bond acceptors (Lipinski definition) is 5. The number of rotatable bonds is 3. The Labute approximate surface area is 153 Å². The van der Waals surface area contributed by atoms with Gasteiger partial charge in [0.1, 0.15) is 5.69 Å². The van der Waals surface area contributed by atoms with Crippen molar-refractivity contribution < 1.29 is 14.7 Å². The Hall–Kier alpha value is -2.68. The van der Waals surface area contributed by atoms with Crippen molar-refractivity contribution in [2.45, 2.75) is 32.7 Å². The molecule has 0 aromatic carbocycles. The molecule has 3 aromatic heterocycles. The number of thiazole rings is 1. The van der Waals surface area contributed by atoms with Crippen molar-refractivity contribution >= 4 is 28.2 Å². The standard InChI is InChI=1S/C17H19N5O3S/c1-10-9-21-14(11(2)18-17(21)26-10)15(23)20-6-3-12(4-7-20)22-8-5-13(19-22)16(24)25/h5,8-9,12H,3-4,6-7H2,1-2H3,(H,24,25). The van der Waals surface area contributed by atoms with Crippen LogP contribution in [0.4, 0.5) is 0 Å². The van der Waals surface area contributed by atoms with Crippen LogP contribution in [-0.2, 0) is 0 Å². The zero-order chi connectivity index (χ0) is 18.4. The Morgan fingerprint density at radius 3 is 2.65 bits per heavy atom. The second-order valence-corrected chi connectivity index (χ2v) is 7.76. The van der Waals surface area contributed by atoms with E-state index in [0.29, 0.717) is 18.8 Å². The fourth-order valence-corrected chi connectivity index (χ4v) is 4.33. The summed E-state index contributed by atoms with van der Waals surface area (Å²) in [5.74, 6) is -1.03. The molecule has 4 heterocycles. The van der Waals surface area contributed by atoms with Crippen LogP contribution in [0, 0.1) is 13.8 Å². The Balaban J connectivity index is 1.49. The Morgan fingerprint density at radius 1 is 1.27 bits per heavy atom. The minimum atomic E-state index is -1.03. The van der Waals surface area contributed by atoms with E-state index in [9.17, 15) is 9.59 Å². The third kappa shape index (κ3) is 2.78. The van der Waals surface area contributed by atoms with Crippen LogP contribution in [0.15, 0.2) is 18.5 Å². The van der Waals surface area contributed by atoms with Crippen LogP contribution in [0.1, 0.15) is 50.4 Å². The van der Waals surface area contributed by atoms with Crippen LogP contribution in [0.3, 0.4) is 0 Å². The molecule has 0 atom stereocenters. The van der Waals surface area contributed by atoms with E-state index in [1.165, 1.54) is 6.07 Å². The first-order chi connectivity index (χ1) is 12.4. The van der Waals surface area contributed by atoms with Crippen LogP contribution in [-0.4, -0.2) is 54.1 Å². The highest BCUT2D eigenvalue weighted by molar-refractivity contribution is 7.17. The van der Waals surface area contributed by atoms with E-state index in [1.807, 2.05) is 29.3 Å². The number of aromatic nitrogens is 4. The number of nitrogens with zero attached hydrogens (tertiary/aromatic N) is 5. The summed E-state index contributed by atoms with van der Waals surface area (Å²) in [7, 11) is 0. The lowest BCUT2D eigenvalue weighted by Crippen LogP contribution is -2.39. The monoisotopic (exact) mass is 373 g/mol. The van der Waals surface area contributed by atoms with Crippen molar-refractivity contribution in [2.24, 2.45) is 0 Å². The van der Waals surface area contributed by atoms with E-state index < -0.39 is 5.97 Å². The van der Waals surface area contributed by atoms with Gasteiger partial charge in [-0.1, -0.05) is 0 Å². The smallest absolute Gasteiger partial charge is 0.356 e. The molecule has 1 amide bonds. The van der Waals surface area contributed by atoms with Crippen molar-refractivity contribution in [1.82, 2.24) is 24.1 Å². The number of carbonyl (C=O) groups is 2. The highest BCUT2D eigenvalue weighted by atomic mass is 32.1. The predicted octanol–water partition coefficient (Wildman–Crippen LogP) is 2.38. The number of likely N-dealkylation sites (tertiary alicyclic amines) is 1. The molecule has 1 aliphatic heterocycles.